The highest BCUT2D eigenvalue weighted by molar-refractivity contribution is 6.92. The van der Waals surface area contributed by atoms with Crippen molar-refractivity contribution in [2.45, 2.75) is 117 Å². The molecule has 0 aromatic carbocycles. The van der Waals surface area contributed by atoms with Crippen LogP contribution in [0.2, 0.25) is 65.5 Å². The molecule has 0 fully saturated rings. The molecule has 0 amide bonds. The van der Waals surface area contributed by atoms with Crippen molar-refractivity contribution < 1.29 is 8.85 Å². The van der Waals surface area contributed by atoms with Crippen LogP contribution in [0.3, 0.4) is 0 Å². The first-order chi connectivity index (χ1) is 15.6. The summed E-state index contributed by atoms with van der Waals surface area (Å²) in [6.45, 7) is 32.9. The third-order valence-electron chi connectivity index (χ3n) is 7.69. The average Bonchev–Trinajstić information content (AvgIpc) is 3.07. The molecule has 2 aliphatic carbocycles. The first kappa shape index (κ1) is 31.8. The molecule has 0 heterocycles. The molecule has 2 atom stereocenters. The van der Waals surface area contributed by atoms with Crippen molar-refractivity contribution in [1.29, 1.82) is 0 Å². The van der Waals surface area contributed by atoms with Gasteiger partial charge in [0.2, 0.25) is 0 Å². The van der Waals surface area contributed by atoms with E-state index in [1.54, 1.807) is 10.4 Å². The van der Waals surface area contributed by atoms with E-state index in [1.165, 1.54) is 21.5 Å². The van der Waals surface area contributed by atoms with E-state index in [4.69, 9.17) is 32.1 Å². The van der Waals surface area contributed by atoms with E-state index in [9.17, 15) is 0 Å². The number of hydrogen-bond acceptors (Lipinski definition) is 2. The van der Waals surface area contributed by atoms with Crippen LogP contribution in [0.15, 0.2) is 42.0 Å². The molecule has 0 saturated heterocycles. The van der Waals surface area contributed by atoms with Gasteiger partial charge in [-0.25, -0.2) is 0 Å². The van der Waals surface area contributed by atoms with Gasteiger partial charge in [0.1, 0.15) is 16.1 Å². The van der Waals surface area contributed by atoms with Crippen molar-refractivity contribution in [3.8, 4) is 0 Å². The minimum atomic E-state index is -1.89. The van der Waals surface area contributed by atoms with Gasteiger partial charge in [-0.15, -0.1) is 0 Å². The Morgan fingerprint density at radius 1 is 0.629 bits per heavy atom. The van der Waals surface area contributed by atoms with Crippen LogP contribution in [0.1, 0.15) is 40.5 Å². The highest BCUT2D eigenvalue weighted by Crippen LogP contribution is 2.46. The van der Waals surface area contributed by atoms with E-state index in [0.717, 1.165) is 22.9 Å². The van der Waals surface area contributed by atoms with Crippen LogP contribution in [0, 0.1) is 0 Å². The summed E-state index contributed by atoms with van der Waals surface area (Å²) in [5, 5.41) is 8.22. The van der Waals surface area contributed by atoms with Gasteiger partial charge in [0.05, 0.1) is 9.52 Å². The van der Waals surface area contributed by atoms with Crippen molar-refractivity contribution in [3.05, 3.63) is 42.0 Å². The second-order valence-electron chi connectivity index (χ2n) is 13.8. The fourth-order valence-electron chi connectivity index (χ4n) is 5.83. The van der Waals surface area contributed by atoms with Crippen molar-refractivity contribution in [3.63, 3.8) is 0 Å². The Morgan fingerprint density at radius 3 is 1.17 bits per heavy atom. The Hall–Kier alpha value is 0.544. The maximum absolute atomic E-state index is 7.06. The molecule has 2 aliphatic rings. The molecule has 9 heteroatoms. The fraction of sp³-hybridized carbons (Fsp3) is 0.692. The number of halogens is 2. The van der Waals surface area contributed by atoms with Crippen molar-refractivity contribution in [2.24, 2.45) is 0 Å². The molecular formula is C26H50Cl2O2Si5. The average molecular weight is 606 g/mol. The monoisotopic (exact) mass is 604 g/mol. The van der Waals surface area contributed by atoms with Crippen molar-refractivity contribution in [2.75, 3.05) is 0 Å². The molecule has 0 aliphatic heterocycles. The molecule has 0 aromatic rings. The molecule has 2 unspecified atom stereocenters. The fourth-order valence-corrected chi connectivity index (χ4v) is 23.8. The third-order valence-corrected chi connectivity index (χ3v) is 22.8. The van der Waals surface area contributed by atoms with Crippen LogP contribution in [0.4, 0.5) is 0 Å². The summed E-state index contributed by atoms with van der Waals surface area (Å²) < 4.78 is 13.3. The summed E-state index contributed by atoms with van der Waals surface area (Å²) in [5.41, 5.74) is 3.46. The van der Waals surface area contributed by atoms with Gasteiger partial charge in [-0.05, 0) is 77.4 Å². The predicted octanol–water partition coefficient (Wildman–Crippen LogP) is 8.55. The number of allylic oxidation sites excluding steroid dienone is 8. The maximum atomic E-state index is 7.06. The second-order valence-corrected chi connectivity index (χ2v) is 34.9. The summed E-state index contributed by atoms with van der Waals surface area (Å²) in [6, 6.07) is 0. The van der Waals surface area contributed by atoms with Gasteiger partial charge < -0.3 is 8.85 Å². The highest BCUT2D eigenvalue weighted by Gasteiger charge is 2.44. The normalized spacial score (nSPS) is 20.9. The van der Waals surface area contributed by atoms with Gasteiger partial charge in [0.15, 0.2) is 16.6 Å². The standard InChI is InChI=1S/C26H50Cl2O2Si5/c1-17-15-21(27)23(25(17)34(11,12)19(3)29-32(5,6)7)31-24-22(28)16-18(2)26(24)35(13,14)20(4)30-33(8,9)10/h19-20H,15-16,31H2,1-14H3. The minimum Gasteiger partial charge on any atom is -0.418 e. The number of hydrogen-bond donors (Lipinski definition) is 0. The Balaban J connectivity index is 2.48. The van der Waals surface area contributed by atoms with Gasteiger partial charge in [-0.2, -0.15) is 0 Å². The lowest BCUT2D eigenvalue weighted by molar-refractivity contribution is 0.282. The SMILES string of the molecule is CC1=C([Si](C)(C)C(C)O[Si](C)(C)C)C([SiH2]C2=C(Cl)CC(C)=C2[Si](C)(C)C(C)O[Si](C)(C)C)=C(Cl)C1. The first-order valence-electron chi connectivity index (χ1n) is 13.1. The largest absolute Gasteiger partial charge is 0.418 e. The molecule has 0 bridgehead atoms. The lowest BCUT2D eigenvalue weighted by Crippen LogP contribution is -2.50. The Morgan fingerprint density at radius 2 is 0.914 bits per heavy atom. The number of rotatable bonds is 10. The predicted molar refractivity (Wildman–Crippen MR) is 172 cm³/mol. The molecule has 0 N–H and O–H groups in total. The quantitative estimate of drug-likeness (QED) is 0.232. The highest BCUT2D eigenvalue weighted by atomic mass is 35.5. The van der Waals surface area contributed by atoms with E-state index in [0.29, 0.717) is 0 Å². The summed E-state index contributed by atoms with van der Waals surface area (Å²) in [5.74, 6) is 0. The zero-order chi connectivity index (χ0) is 27.3. The molecule has 2 rings (SSSR count). The van der Waals surface area contributed by atoms with Gasteiger partial charge in [0, 0.05) is 34.4 Å². The Bertz CT molecular complexity index is 901. The Labute approximate surface area is 232 Å². The van der Waals surface area contributed by atoms with Crippen LogP contribution < -0.4 is 0 Å². The molecule has 0 radical (unpaired) electrons. The van der Waals surface area contributed by atoms with Crippen LogP contribution in [-0.2, 0) is 8.85 Å². The van der Waals surface area contributed by atoms with Crippen LogP contribution in [0.5, 0.6) is 0 Å². The Kier molecular flexibility index (Phi) is 9.95. The van der Waals surface area contributed by atoms with Gasteiger partial charge in [-0.3, -0.25) is 0 Å². The van der Waals surface area contributed by atoms with Crippen LogP contribution in [0.25, 0.3) is 0 Å². The molecule has 0 spiro atoms. The van der Waals surface area contributed by atoms with Gasteiger partial charge in [0.25, 0.3) is 0 Å². The smallest absolute Gasteiger partial charge is 0.183 e. The zero-order valence-corrected chi connectivity index (χ0v) is 31.8. The molecular weight excluding hydrogens is 556 g/mol. The topological polar surface area (TPSA) is 18.5 Å². The molecule has 0 saturated carbocycles. The lowest BCUT2D eigenvalue weighted by Gasteiger charge is -2.39. The zero-order valence-electron chi connectivity index (χ0n) is 24.8. The van der Waals surface area contributed by atoms with E-state index in [2.05, 4.69) is 93.2 Å². The van der Waals surface area contributed by atoms with Crippen LogP contribution in [-0.4, -0.2) is 53.8 Å². The van der Waals surface area contributed by atoms with Gasteiger partial charge in [-0.1, -0.05) is 70.9 Å². The summed E-state index contributed by atoms with van der Waals surface area (Å²) in [7, 11) is -7.88. The van der Waals surface area contributed by atoms with Crippen LogP contribution >= 0.6 is 23.2 Å². The van der Waals surface area contributed by atoms with E-state index < -0.39 is 42.3 Å². The van der Waals surface area contributed by atoms with E-state index >= 15 is 0 Å². The van der Waals surface area contributed by atoms with E-state index in [1.807, 2.05) is 0 Å². The first-order valence-corrected chi connectivity index (χ1v) is 28.3. The second kappa shape index (κ2) is 11.0. The summed E-state index contributed by atoms with van der Waals surface area (Å²) >= 11 is 14.1. The molecule has 0 aromatic heterocycles. The third kappa shape index (κ3) is 7.35. The molecule has 200 valence electrons. The summed E-state index contributed by atoms with van der Waals surface area (Å²) in [4.78, 5) is 0. The van der Waals surface area contributed by atoms with Crippen molar-refractivity contribution >= 4 is 65.5 Å². The molecule has 35 heavy (non-hydrogen) atoms. The minimum absolute atomic E-state index is 0.270. The van der Waals surface area contributed by atoms with E-state index in [-0.39, 0.29) is 11.5 Å². The van der Waals surface area contributed by atoms with Crippen molar-refractivity contribution in [1.82, 2.24) is 0 Å². The lowest BCUT2D eigenvalue weighted by atomic mass is 10.3. The maximum Gasteiger partial charge on any atom is 0.183 e. The van der Waals surface area contributed by atoms with Gasteiger partial charge >= 0.3 is 0 Å². The molecule has 2 nitrogen and oxygen atoms in total. The summed E-state index contributed by atoms with van der Waals surface area (Å²) in [6.07, 6.45) is 1.79.